The van der Waals surface area contributed by atoms with E-state index in [0.29, 0.717) is 40.9 Å². The molecule has 8 nitrogen and oxygen atoms in total. The highest BCUT2D eigenvalue weighted by Crippen LogP contribution is 2.36. The van der Waals surface area contributed by atoms with Crippen LogP contribution in [-0.2, 0) is 13.2 Å². The number of halogens is 1. The van der Waals surface area contributed by atoms with Gasteiger partial charge in [0.1, 0.15) is 12.4 Å². The Kier molecular flexibility index (Phi) is 10.5. The number of anilines is 1. The monoisotopic (exact) mass is 607 g/mol. The summed E-state index contributed by atoms with van der Waals surface area (Å²) in [5, 5.41) is 3.63. The fraction of sp³-hybridized carbons (Fsp3) is 0.412. The van der Waals surface area contributed by atoms with Crippen LogP contribution in [0.1, 0.15) is 65.7 Å². The normalized spacial score (nSPS) is 16.4. The van der Waals surface area contributed by atoms with E-state index in [2.05, 4.69) is 19.2 Å². The molecule has 4 rings (SSSR count). The number of methoxy groups -OCH3 is 2. The summed E-state index contributed by atoms with van der Waals surface area (Å²) in [6.45, 7) is 8.83. The third kappa shape index (κ3) is 7.36. The SMILES string of the molecule is COc1cc(NC(=O)N(C)Cc2cc(C)c(OCc3ccccc3Cl)c(C)c2)c(C(=O)N2C(C)CCCC2C)cc1OC. The first-order chi connectivity index (χ1) is 20.5. The molecule has 2 atom stereocenters. The molecule has 1 aliphatic heterocycles. The average molecular weight is 608 g/mol. The first-order valence-corrected chi connectivity index (χ1v) is 15.0. The molecule has 2 unspecified atom stereocenters. The number of nitrogens with one attached hydrogen (secondary N) is 1. The number of likely N-dealkylation sites (tertiary alicyclic amines) is 1. The van der Waals surface area contributed by atoms with Crippen LogP contribution in [0.2, 0.25) is 5.02 Å². The van der Waals surface area contributed by atoms with Crippen molar-refractivity contribution in [3.8, 4) is 17.2 Å². The van der Waals surface area contributed by atoms with E-state index in [0.717, 1.165) is 47.3 Å². The molecular weight excluding hydrogens is 566 g/mol. The number of hydrogen-bond acceptors (Lipinski definition) is 5. The topological polar surface area (TPSA) is 80.3 Å². The molecule has 0 saturated carbocycles. The fourth-order valence-corrected chi connectivity index (χ4v) is 5.99. The maximum absolute atomic E-state index is 13.9. The Morgan fingerprint density at radius 3 is 2.19 bits per heavy atom. The van der Waals surface area contributed by atoms with Gasteiger partial charge in [0.2, 0.25) is 0 Å². The van der Waals surface area contributed by atoms with E-state index in [1.807, 2.05) is 55.1 Å². The van der Waals surface area contributed by atoms with Gasteiger partial charge < -0.3 is 29.3 Å². The molecular formula is C34H42ClN3O5. The zero-order valence-corrected chi connectivity index (χ0v) is 26.9. The quantitative estimate of drug-likeness (QED) is 0.271. The van der Waals surface area contributed by atoms with Crippen LogP contribution < -0.4 is 19.5 Å². The van der Waals surface area contributed by atoms with Gasteiger partial charge >= 0.3 is 6.03 Å². The lowest BCUT2D eigenvalue weighted by atomic mass is 9.96. The summed E-state index contributed by atoms with van der Waals surface area (Å²) < 4.78 is 17.1. The van der Waals surface area contributed by atoms with E-state index in [-0.39, 0.29) is 24.0 Å². The number of amides is 3. The van der Waals surface area contributed by atoms with Gasteiger partial charge in [0, 0.05) is 42.3 Å². The van der Waals surface area contributed by atoms with Crippen LogP contribution in [0.5, 0.6) is 17.2 Å². The van der Waals surface area contributed by atoms with Gasteiger partial charge in [-0.2, -0.15) is 0 Å². The fourth-order valence-electron chi connectivity index (χ4n) is 5.80. The molecule has 1 N–H and O–H groups in total. The minimum absolute atomic E-state index is 0.0960. The van der Waals surface area contributed by atoms with Gasteiger partial charge in [-0.1, -0.05) is 41.9 Å². The number of nitrogens with zero attached hydrogens (tertiary/aromatic N) is 2. The number of urea groups is 1. The third-order valence-electron chi connectivity index (χ3n) is 8.04. The second-order valence-corrected chi connectivity index (χ2v) is 11.7. The standard InChI is InChI=1S/C34H42ClN3O5/c1-21-15-25(16-22(2)32(21)43-20-26-13-8-9-14-28(26)35)19-37(5)34(40)36-29-18-31(42-7)30(41-6)17-27(29)33(39)38-23(3)11-10-12-24(38)4/h8-9,13-18,23-24H,10-12,19-20H2,1-7H3,(H,36,40). The van der Waals surface area contributed by atoms with E-state index in [1.54, 1.807) is 24.1 Å². The second-order valence-electron chi connectivity index (χ2n) is 11.3. The van der Waals surface area contributed by atoms with Gasteiger partial charge in [0.25, 0.3) is 5.91 Å². The summed E-state index contributed by atoms with van der Waals surface area (Å²) in [5.74, 6) is 1.51. The molecule has 0 aliphatic carbocycles. The number of piperidine rings is 1. The molecule has 3 aromatic carbocycles. The minimum atomic E-state index is -0.352. The van der Waals surface area contributed by atoms with E-state index in [9.17, 15) is 9.59 Å². The molecule has 43 heavy (non-hydrogen) atoms. The summed E-state index contributed by atoms with van der Waals surface area (Å²) in [5.41, 5.74) is 4.55. The van der Waals surface area contributed by atoms with Crippen LogP contribution in [0.4, 0.5) is 10.5 Å². The van der Waals surface area contributed by atoms with Crippen molar-refractivity contribution in [1.29, 1.82) is 0 Å². The van der Waals surface area contributed by atoms with Crippen molar-refractivity contribution in [3.05, 3.63) is 81.4 Å². The highest BCUT2D eigenvalue weighted by atomic mass is 35.5. The van der Waals surface area contributed by atoms with E-state index in [1.165, 1.54) is 14.2 Å². The molecule has 1 fully saturated rings. The number of rotatable bonds is 9. The second kappa shape index (κ2) is 14.0. The number of hydrogen-bond donors (Lipinski definition) is 1. The van der Waals surface area contributed by atoms with Gasteiger partial charge in [-0.05, 0) is 75.8 Å². The molecule has 0 bridgehead atoms. The number of ether oxygens (including phenoxy) is 3. The first-order valence-electron chi connectivity index (χ1n) is 14.6. The molecule has 0 spiro atoms. The van der Waals surface area contributed by atoms with Crippen molar-refractivity contribution in [2.45, 2.75) is 72.2 Å². The summed E-state index contributed by atoms with van der Waals surface area (Å²) >= 11 is 6.29. The van der Waals surface area contributed by atoms with Crippen molar-refractivity contribution in [1.82, 2.24) is 9.80 Å². The predicted octanol–water partition coefficient (Wildman–Crippen LogP) is 7.62. The molecule has 3 amide bonds. The molecule has 0 aromatic heterocycles. The van der Waals surface area contributed by atoms with Gasteiger partial charge in [0.15, 0.2) is 11.5 Å². The number of carbonyl (C=O) groups is 2. The maximum Gasteiger partial charge on any atom is 0.321 e. The molecule has 1 heterocycles. The summed E-state index contributed by atoms with van der Waals surface area (Å²) in [6.07, 6.45) is 2.97. The zero-order valence-electron chi connectivity index (χ0n) is 26.1. The summed E-state index contributed by atoms with van der Waals surface area (Å²) in [6, 6.07) is 14.8. The van der Waals surface area contributed by atoms with Crippen molar-refractivity contribution in [2.24, 2.45) is 0 Å². The summed E-state index contributed by atoms with van der Waals surface area (Å²) in [7, 11) is 4.78. The lowest BCUT2D eigenvalue weighted by Gasteiger charge is -2.39. The van der Waals surface area contributed by atoms with E-state index >= 15 is 0 Å². The predicted molar refractivity (Wildman–Crippen MR) is 171 cm³/mol. The smallest absolute Gasteiger partial charge is 0.321 e. The Labute approximate surface area is 259 Å². The van der Waals surface area contributed by atoms with E-state index < -0.39 is 0 Å². The van der Waals surface area contributed by atoms with Crippen LogP contribution in [-0.4, -0.2) is 55.1 Å². The minimum Gasteiger partial charge on any atom is -0.493 e. The number of carbonyl (C=O) groups excluding carboxylic acids is 2. The lowest BCUT2D eigenvalue weighted by molar-refractivity contribution is 0.0511. The van der Waals surface area contributed by atoms with Crippen LogP contribution in [0.15, 0.2) is 48.5 Å². The van der Waals surface area contributed by atoms with Gasteiger partial charge in [-0.3, -0.25) is 4.79 Å². The number of aryl methyl sites for hydroxylation is 2. The Balaban J connectivity index is 1.52. The molecule has 9 heteroatoms. The molecule has 1 aliphatic rings. The average Bonchev–Trinajstić information content (AvgIpc) is 2.97. The largest absolute Gasteiger partial charge is 0.493 e. The van der Waals surface area contributed by atoms with Crippen molar-refractivity contribution in [3.63, 3.8) is 0 Å². The maximum atomic E-state index is 13.9. The Hall–Kier alpha value is -3.91. The van der Waals surface area contributed by atoms with Crippen molar-refractivity contribution >= 4 is 29.2 Å². The van der Waals surface area contributed by atoms with Crippen LogP contribution in [0.25, 0.3) is 0 Å². The Bertz CT molecular complexity index is 1440. The highest BCUT2D eigenvalue weighted by Gasteiger charge is 2.32. The summed E-state index contributed by atoms with van der Waals surface area (Å²) in [4.78, 5) is 30.8. The number of benzene rings is 3. The molecule has 0 radical (unpaired) electrons. The lowest BCUT2D eigenvalue weighted by Crippen LogP contribution is -2.47. The van der Waals surface area contributed by atoms with E-state index in [4.69, 9.17) is 25.8 Å². The van der Waals surface area contributed by atoms with Crippen LogP contribution >= 0.6 is 11.6 Å². The molecule has 230 valence electrons. The Morgan fingerprint density at radius 2 is 1.58 bits per heavy atom. The molecule has 1 saturated heterocycles. The zero-order chi connectivity index (χ0) is 31.3. The van der Waals surface area contributed by atoms with Crippen molar-refractivity contribution < 1.29 is 23.8 Å². The third-order valence-corrected chi connectivity index (χ3v) is 8.41. The highest BCUT2D eigenvalue weighted by molar-refractivity contribution is 6.31. The first kappa shape index (κ1) is 32.0. The van der Waals surface area contributed by atoms with Crippen molar-refractivity contribution in [2.75, 3.05) is 26.6 Å². The van der Waals surface area contributed by atoms with Crippen LogP contribution in [0, 0.1) is 13.8 Å². The van der Waals surface area contributed by atoms with Gasteiger partial charge in [0.05, 0.1) is 25.5 Å². The van der Waals surface area contributed by atoms with Crippen LogP contribution in [0.3, 0.4) is 0 Å². The van der Waals surface area contributed by atoms with Gasteiger partial charge in [-0.15, -0.1) is 0 Å². The van der Waals surface area contributed by atoms with Gasteiger partial charge in [-0.25, -0.2) is 4.79 Å². The Morgan fingerprint density at radius 1 is 0.977 bits per heavy atom. The molecule has 3 aromatic rings.